The zero-order chi connectivity index (χ0) is 21.0. The molecule has 0 aliphatic heterocycles. The fourth-order valence-electron chi connectivity index (χ4n) is 2.21. The van der Waals surface area contributed by atoms with Crippen LogP contribution in [0.4, 0.5) is 0 Å². The van der Waals surface area contributed by atoms with E-state index < -0.39 is 0 Å². The Kier molecular flexibility index (Phi) is 16.5. The van der Waals surface area contributed by atoms with E-state index in [2.05, 4.69) is 98.8 Å². The first-order valence-electron chi connectivity index (χ1n) is 10.2. The van der Waals surface area contributed by atoms with Gasteiger partial charge in [-0.3, -0.25) is 0 Å². The lowest BCUT2D eigenvalue weighted by Gasteiger charge is -1.98. The summed E-state index contributed by atoms with van der Waals surface area (Å²) in [6.07, 6.45) is 9.50. The first-order chi connectivity index (χ1) is 13.8. The van der Waals surface area contributed by atoms with Crippen LogP contribution in [0.5, 0.6) is 0 Å². The maximum atomic E-state index is 2.14. The molecule has 28 heavy (non-hydrogen) atoms. The van der Waals surface area contributed by atoms with Crippen molar-refractivity contribution < 1.29 is 0 Å². The molecular weight excluding hydrogens is 356 g/mol. The normalized spacial score (nSPS) is 10.1. The van der Waals surface area contributed by atoms with Gasteiger partial charge in [0.1, 0.15) is 0 Å². The molecule has 0 unspecified atom stereocenters. The molecule has 0 fully saturated rings. The maximum Gasteiger partial charge on any atom is 0.00170 e. The number of hydrogen-bond donors (Lipinski definition) is 0. The summed E-state index contributed by atoms with van der Waals surface area (Å²) >= 11 is 1.84. The summed E-state index contributed by atoms with van der Waals surface area (Å²) in [6, 6.07) is 25.1. The second-order valence-corrected chi connectivity index (χ2v) is 6.97. The van der Waals surface area contributed by atoms with Crippen LogP contribution < -0.4 is 0 Å². The minimum absolute atomic E-state index is 1.14. The molecule has 0 atom stereocenters. The topological polar surface area (TPSA) is 0 Å². The summed E-state index contributed by atoms with van der Waals surface area (Å²) in [5.74, 6) is 0. The lowest BCUT2D eigenvalue weighted by Crippen LogP contribution is -1.73. The van der Waals surface area contributed by atoms with Gasteiger partial charge in [-0.15, -0.1) is 11.3 Å². The van der Waals surface area contributed by atoms with Crippen molar-refractivity contribution >= 4 is 11.3 Å². The number of aryl methyl sites for hydroxylation is 2. The van der Waals surface area contributed by atoms with E-state index in [1.165, 1.54) is 20.9 Å². The van der Waals surface area contributed by atoms with Crippen LogP contribution >= 0.6 is 11.3 Å². The van der Waals surface area contributed by atoms with Crippen LogP contribution in [-0.4, -0.2) is 0 Å². The van der Waals surface area contributed by atoms with Crippen LogP contribution in [0.15, 0.2) is 97.1 Å². The standard InChI is InChI=1S/C12H10.C6H8S.C5H6.2C2H6/c1-3-7-11(8-4-1)12-9-5-2-6-10-12;1-5-3-4-6(2)7-5;1-2-4-5-3-1;2*1-2/h1-10H;3-4H,1-2H3;1-4H,5H2;2*1-2H3. The Labute approximate surface area is 177 Å². The first kappa shape index (κ1) is 25.6. The largest absolute Gasteiger partial charge is 0.146 e. The Hall–Kier alpha value is -2.38. The van der Waals surface area contributed by atoms with E-state index in [4.69, 9.17) is 0 Å². The van der Waals surface area contributed by atoms with Crippen LogP contribution in [0, 0.1) is 13.8 Å². The number of rotatable bonds is 1. The Morgan fingerprint density at radius 2 is 0.893 bits per heavy atom. The molecule has 1 aliphatic carbocycles. The molecule has 150 valence electrons. The van der Waals surface area contributed by atoms with Crippen molar-refractivity contribution in [2.75, 3.05) is 0 Å². The average Bonchev–Trinajstić information content (AvgIpc) is 3.48. The van der Waals surface area contributed by atoms with Crippen molar-refractivity contribution in [3.63, 3.8) is 0 Å². The molecule has 0 amide bonds. The molecule has 4 rings (SSSR count). The van der Waals surface area contributed by atoms with E-state index in [9.17, 15) is 0 Å². The SMILES string of the molecule is C1=CCC=C1.CC.CC.Cc1ccc(C)s1.c1ccc(-c2ccccc2)cc1. The van der Waals surface area contributed by atoms with Gasteiger partial charge in [0, 0.05) is 9.75 Å². The molecule has 1 heterocycles. The maximum absolute atomic E-state index is 2.14. The van der Waals surface area contributed by atoms with Crippen molar-refractivity contribution in [3.05, 3.63) is 107 Å². The van der Waals surface area contributed by atoms with Gasteiger partial charge in [-0.1, -0.05) is 113 Å². The number of hydrogen-bond acceptors (Lipinski definition) is 1. The van der Waals surface area contributed by atoms with Gasteiger partial charge in [0.05, 0.1) is 0 Å². The molecule has 0 saturated heterocycles. The first-order valence-corrected chi connectivity index (χ1v) is 11.0. The highest BCUT2D eigenvalue weighted by atomic mass is 32.1. The van der Waals surface area contributed by atoms with E-state index in [1.807, 2.05) is 51.2 Å². The van der Waals surface area contributed by atoms with Crippen LogP contribution in [0.3, 0.4) is 0 Å². The predicted octanol–water partition coefficient (Wildman–Crippen LogP) is 9.27. The highest BCUT2D eigenvalue weighted by molar-refractivity contribution is 7.11. The third-order valence-electron chi connectivity index (χ3n) is 3.41. The summed E-state index contributed by atoms with van der Waals surface area (Å²) < 4.78 is 0. The highest BCUT2D eigenvalue weighted by Crippen LogP contribution is 2.17. The number of benzene rings is 2. The lowest BCUT2D eigenvalue weighted by molar-refractivity contribution is 1.45. The van der Waals surface area contributed by atoms with Crippen molar-refractivity contribution in [1.82, 2.24) is 0 Å². The van der Waals surface area contributed by atoms with E-state index in [-0.39, 0.29) is 0 Å². The van der Waals surface area contributed by atoms with Gasteiger partial charge in [-0.25, -0.2) is 0 Å². The number of thiophene rings is 1. The molecule has 1 heteroatoms. The zero-order valence-electron chi connectivity index (χ0n) is 18.4. The summed E-state index contributed by atoms with van der Waals surface area (Å²) in [7, 11) is 0. The van der Waals surface area contributed by atoms with Crippen LogP contribution in [0.1, 0.15) is 43.9 Å². The van der Waals surface area contributed by atoms with Gasteiger partial charge in [-0.2, -0.15) is 0 Å². The van der Waals surface area contributed by atoms with Crippen molar-refractivity contribution in [2.45, 2.75) is 48.0 Å². The number of allylic oxidation sites excluding steroid dienone is 4. The Balaban J connectivity index is 0.000000389. The van der Waals surface area contributed by atoms with Crippen molar-refractivity contribution in [2.24, 2.45) is 0 Å². The zero-order valence-corrected chi connectivity index (χ0v) is 19.2. The lowest BCUT2D eigenvalue weighted by atomic mass is 10.1. The minimum atomic E-state index is 1.14. The molecular formula is C27H36S. The van der Waals surface area contributed by atoms with Crippen LogP contribution in [0.25, 0.3) is 11.1 Å². The van der Waals surface area contributed by atoms with Gasteiger partial charge in [0.2, 0.25) is 0 Å². The smallest absolute Gasteiger partial charge is 0.00170 e. The molecule has 1 aliphatic rings. The van der Waals surface area contributed by atoms with Crippen molar-refractivity contribution in [1.29, 1.82) is 0 Å². The third-order valence-corrected chi connectivity index (χ3v) is 4.33. The van der Waals surface area contributed by atoms with E-state index in [0.29, 0.717) is 0 Å². The van der Waals surface area contributed by atoms with E-state index in [0.717, 1.165) is 6.42 Å². The molecule has 0 N–H and O–H groups in total. The second kappa shape index (κ2) is 18.0. The highest BCUT2D eigenvalue weighted by Gasteiger charge is 1.91. The van der Waals surface area contributed by atoms with Gasteiger partial charge in [-0.05, 0) is 43.5 Å². The molecule has 1 aromatic heterocycles. The summed E-state index contributed by atoms with van der Waals surface area (Å²) in [5, 5.41) is 0. The second-order valence-electron chi connectivity index (χ2n) is 5.48. The van der Waals surface area contributed by atoms with Gasteiger partial charge in [0.25, 0.3) is 0 Å². The predicted molar refractivity (Wildman–Crippen MR) is 131 cm³/mol. The fourth-order valence-corrected chi connectivity index (χ4v) is 2.99. The van der Waals surface area contributed by atoms with Gasteiger partial charge >= 0.3 is 0 Å². The average molecular weight is 393 g/mol. The van der Waals surface area contributed by atoms with Gasteiger partial charge < -0.3 is 0 Å². The van der Waals surface area contributed by atoms with Gasteiger partial charge in [0.15, 0.2) is 0 Å². The van der Waals surface area contributed by atoms with E-state index >= 15 is 0 Å². The Morgan fingerprint density at radius 3 is 1.11 bits per heavy atom. The Morgan fingerprint density at radius 1 is 0.536 bits per heavy atom. The molecule has 0 saturated carbocycles. The molecule has 0 radical (unpaired) electrons. The minimum Gasteiger partial charge on any atom is -0.146 e. The van der Waals surface area contributed by atoms with Crippen LogP contribution in [0.2, 0.25) is 0 Å². The summed E-state index contributed by atoms with van der Waals surface area (Å²) in [4.78, 5) is 2.80. The summed E-state index contributed by atoms with van der Waals surface area (Å²) in [6.45, 7) is 12.2. The van der Waals surface area contributed by atoms with E-state index in [1.54, 1.807) is 0 Å². The monoisotopic (exact) mass is 392 g/mol. The van der Waals surface area contributed by atoms with Crippen molar-refractivity contribution in [3.8, 4) is 11.1 Å². The molecule has 0 nitrogen and oxygen atoms in total. The molecule has 3 aromatic rings. The van der Waals surface area contributed by atoms with Crippen LogP contribution in [-0.2, 0) is 0 Å². The molecule has 2 aromatic carbocycles. The quantitative estimate of drug-likeness (QED) is 0.387. The molecule has 0 spiro atoms. The fraction of sp³-hybridized carbons (Fsp3) is 0.259. The Bertz CT molecular complexity index is 685. The molecule has 0 bridgehead atoms. The summed E-state index contributed by atoms with van der Waals surface area (Å²) in [5.41, 5.74) is 2.55. The third kappa shape index (κ3) is 12.1.